The first-order valence-corrected chi connectivity index (χ1v) is 7.85. The molecule has 0 atom stereocenters. The number of rotatable bonds is 4. The van der Waals surface area contributed by atoms with Crippen molar-refractivity contribution in [3.8, 4) is 11.5 Å². The highest BCUT2D eigenvalue weighted by Gasteiger charge is 2.13. The Kier molecular flexibility index (Phi) is 4.86. The van der Waals surface area contributed by atoms with E-state index >= 15 is 0 Å². The minimum absolute atomic E-state index is 0.0192. The average molecular weight is 355 g/mol. The van der Waals surface area contributed by atoms with Crippen molar-refractivity contribution in [2.75, 3.05) is 7.11 Å². The fraction of sp³-hybridized carbons (Fsp3) is 0.0526. The molecular weight excluding hydrogens is 340 g/mol. The topological polar surface area (TPSA) is 70.9 Å². The Morgan fingerprint density at radius 2 is 1.88 bits per heavy atom. The molecule has 0 aliphatic carbocycles. The maximum absolute atomic E-state index is 12.4. The van der Waals surface area contributed by atoms with E-state index in [0.29, 0.717) is 21.9 Å². The molecule has 0 unspecified atom stereocenters. The molecule has 0 heterocycles. The van der Waals surface area contributed by atoms with E-state index in [9.17, 15) is 9.90 Å². The highest BCUT2D eigenvalue weighted by molar-refractivity contribution is 6.30. The summed E-state index contributed by atoms with van der Waals surface area (Å²) in [4.78, 5) is 12.4. The standard InChI is InChI=1S/C19H15ClN2O3/c1-25-18-10-13-5-3-2-4-12(13)9-16(18)19(24)22-21-11-14-8-15(20)6-7-17(14)23/h2-11,23H,1H3,(H,22,24)/b21-11+. The van der Waals surface area contributed by atoms with Crippen LogP contribution in [0.25, 0.3) is 10.8 Å². The molecule has 5 nitrogen and oxygen atoms in total. The van der Waals surface area contributed by atoms with Crippen molar-refractivity contribution in [1.82, 2.24) is 5.43 Å². The molecule has 0 bridgehead atoms. The number of phenols is 1. The quantitative estimate of drug-likeness (QED) is 0.550. The van der Waals surface area contributed by atoms with Crippen LogP contribution in [0.15, 0.2) is 59.7 Å². The van der Waals surface area contributed by atoms with Gasteiger partial charge in [-0.25, -0.2) is 5.43 Å². The second kappa shape index (κ2) is 7.23. The molecule has 0 fully saturated rings. The van der Waals surface area contributed by atoms with E-state index < -0.39 is 5.91 Å². The van der Waals surface area contributed by atoms with Gasteiger partial charge in [-0.3, -0.25) is 4.79 Å². The molecule has 0 spiro atoms. The monoisotopic (exact) mass is 354 g/mol. The number of carbonyl (C=O) groups excluding carboxylic acids is 1. The number of hydrogen-bond donors (Lipinski definition) is 2. The first-order chi connectivity index (χ1) is 12.1. The zero-order valence-corrected chi connectivity index (χ0v) is 14.1. The SMILES string of the molecule is COc1cc2ccccc2cc1C(=O)N/N=C/c1cc(Cl)ccc1O. The van der Waals surface area contributed by atoms with Crippen LogP contribution in [0.1, 0.15) is 15.9 Å². The van der Waals surface area contributed by atoms with Crippen LogP contribution in [0.2, 0.25) is 5.02 Å². The minimum atomic E-state index is -0.416. The van der Waals surface area contributed by atoms with Gasteiger partial charge in [0.1, 0.15) is 11.5 Å². The molecule has 2 N–H and O–H groups in total. The molecule has 0 radical (unpaired) electrons. The maximum Gasteiger partial charge on any atom is 0.275 e. The van der Waals surface area contributed by atoms with Crippen molar-refractivity contribution in [3.63, 3.8) is 0 Å². The van der Waals surface area contributed by atoms with Gasteiger partial charge in [0.2, 0.25) is 0 Å². The molecule has 0 saturated carbocycles. The van der Waals surface area contributed by atoms with E-state index in [0.717, 1.165) is 10.8 Å². The number of hydrazone groups is 1. The molecule has 0 aliphatic heterocycles. The summed E-state index contributed by atoms with van der Waals surface area (Å²) < 4.78 is 5.30. The Bertz CT molecular complexity index is 970. The van der Waals surface area contributed by atoms with E-state index in [2.05, 4.69) is 10.5 Å². The molecule has 3 aromatic carbocycles. The number of carbonyl (C=O) groups is 1. The zero-order valence-electron chi connectivity index (χ0n) is 13.4. The van der Waals surface area contributed by atoms with Crippen LogP contribution < -0.4 is 10.2 Å². The van der Waals surface area contributed by atoms with Gasteiger partial charge in [0.05, 0.1) is 18.9 Å². The van der Waals surface area contributed by atoms with Gasteiger partial charge in [0.25, 0.3) is 5.91 Å². The lowest BCUT2D eigenvalue weighted by Crippen LogP contribution is -2.18. The number of ether oxygens (including phenoxy) is 1. The fourth-order valence-electron chi connectivity index (χ4n) is 2.42. The van der Waals surface area contributed by atoms with Crippen LogP contribution in [-0.2, 0) is 0 Å². The number of benzene rings is 3. The van der Waals surface area contributed by atoms with Gasteiger partial charge in [0.15, 0.2) is 0 Å². The summed E-state index contributed by atoms with van der Waals surface area (Å²) in [6.07, 6.45) is 1.33. The summed E-state index contributed by atoms with van der Waals surface area (Å²) in [5.74, 6) is 0.0584. The van der Waals surface area contributed by atoms with Crippen LogP contribution in [0.4, 0.5) is 0 Å². The van der Waals surface area contributed by atoms with E-state index in [4.69, 9.17) is 16.3 Å². The molecular formula is C19H15ClN2O3. The van der Waals surface area contributed by atoms with Crippen molar-refractivity contribution in [3.05, 3.63) is 70.7 Å². The summed E-state index contributed by atoms with van der Waals surface area (Å²) >= 11 is 5.87. The molecule has 1 amide bonds. The van der Waals surface area contributed by atoms with Crippen molar-refractivity contribution in [2.45, 2.75) is 0 Å². The third-order valence-corrected chi connectivity index (χ3v) is 3.91. The molecule has 0 aromatic heterocycles. The van der Waals surface area contributed by atoms with E-state index in [1.165, 1.54) is 19.4 Å². The lowest BCUT2D eigenvalue weighted by molar-refractivity contribution is 0.0952. The molecule has 3 rings (SSSR count). The lowest BCUT2D eigenvalue weighted by atomic mass is 10.1. The first-order valence-electron chi connectivity index (χ1n) is 7.47. The maximum atomic E-state index is 12.4. The van der Waals surface area contributed by atoms with Crippen molar-refractivity contribution >= 4 is 34.5 Å². The van der Waals surface area contributed by atoms with Crippen molar-refractivity contribution in [2.24, 2.45) is 5.10 Å². The Balaban J connectivity index is 1.84. The first kappa shape index (κ1) is 16.8. The zero-order chi connectivity index (χ0) is 17.8. The Labute approximate surface area is 149 Å². The number of nitrogens with one attached hydrogen (secondary N) is 1. The van der Waals surface area contributed by atoms with Crippen LogP contribution >= 0.6 is 11.6 Å². The number of nitrogens with zero attached hydrogens (tertiary/aromatic N) is 1. The van der Waals surface area contributed by atoms with Crippen molar-refractivity contribution in [1.29, 1.82) is 0 Å². The molecule has 0 aliphatic rings. The van der Waals surface area contributed by atoms with Gasteiger partial charge < -0.3 is 9.84 Å². The van der Waals surface area contributed by atoms with Gasteiger partial charge in [-0.05, 0) is 41.1 Å². The number of hydrogen-bond acceptors (Lipinski definition) is 4. The molecule has 0 saturated heterocycles. The molecule has 126 valence electrons. The number of phenolic OH excluding ortho intramolecular Hbond substituents is 1. The van der Waals surface area contributed by atoms with E-state index in [1.54, 1.807) is 24.3 Å². The molecule has 3 aromatic rings. The normalized spacial score (nSPS) is 11.0. The van der Waals surface area contributed by atoms with E-state index in [-0.39, 0.29) is 5.75 Å². The highest BCUT2D eigenvalue weighted by Crippen LogP contribution is 2.26. The predicted octanol–water partition coefficient (Wildman–Crippen LogP) is 3.97. The highest BCUT2D eigenvalue weighted by atomic mass is 35.5. The summed E-state index contributed by atoms with van der Waals surface area (Å²) in [6, 6.07) is 15.8. The minimum Gasteiger partial charge on any atom is -0.507 e. The third-order valence-electron chi connectivity index (χ3n) is 3.67. The van der Waals surface area contributed by atoms with Crippen LogP contribution in [0, 0.1) is 0 Å². The average Bonchev–Trinajstić information content (AvgIpc) is 2.63. The lowest BCUT2D eigenvalue weighted by Gasteiger charge is -2.09. The summed E-state index contributed by atoms with van der Waals surface area (Å²) in [7, 11) is 1.51. The Morgan fingerprint density at radius 1 is 1.16 bits per heavy atom. The molecule has 25 heavy (non-hydrogen) atoms. The van der Waals surface area contributed by atoms with Gasteiger partial charge in [-0.2, -0.15) is 5.10 Å². The van der Waals surface area contributed by atoms with Crippen LogP contribution in [0.3, 0.4) is 0 Å². The smallest absolute Gasteiger partial charge is 0.275 e. The second-order valence-corrected chi connectivity index (χ2v) is 5.74. The number of fused-ring (bicyclic) bond motifs is 1. The Morgan fingerprint density at radius 3 is 2.60 bits per heavy atom. The number of aromatic hydroxyl groups is 1. The summed E-state index contributed by atoms with van der Waals surface area (Å²) in [5, 5.41) is 16.0. The Hall–Kier alpha value is -3.05. The van der Waals surface area contributed by atoms with Gasteiger partial charge in [-0.1, -0.05) is 35.9 Å². The van der Waals surface area contributed by atoms with Crippen molar-refractivity contribution < 1.29 is 14.6 Å². The summed E-state index contributed by atoms with van der Waals surface area (Å²) in [5.41, 5.74) is 3.20. The summed E-state index contributed by atoms with van der Waals surface area (Å²) in [6.45, 7) is 0. The number of halogens is 1. The predicted molar refractivity (Wildman–Crippen MR) is 98.7 cm³/mol. The third kappa shape index (κ3) is 3.72. The van der Waals surface area contributed by atoms with Gasteiger partial charge in [0, 0.05) is 10.6 Å². The van der Waals surface area contributed by atoms with Crippen LogP contribution in [-0.4, -0.2) is 24.3 Å². The number of amides is 1. The van der Waals surface area contributed by atoms with Gasteiger partial charge in [-0.15, -0.1) is 0 Å². The van der Waals surface area contributed by atoms with E-state index in [1.807, 2.05) is 24.3 Å². The van der Waals surface area contributed by atoms with Crippen LogP contribution in [0.5, 0.6) is 11.5 Å². The fourth-order valence-corrected chi connectivity index (χ4v) is 2.60. The largest absolute Gasteiger partial charge is 0.507 e. The molecule has 6 heteroatoms. The number of methoxy groups -OCH3 is 1. The second-order valence-electron chi connectivity index (χ2n) is 5.30. The van der Waals surface area contributed by atoms with Gasteiger partial charge >= 0.3 is 0 Å².